The summed E-state index contributed by atoms with van der Waals surface area (Å²) in [6, 6.07) is 0. The van der Waals surface area contributed by atoms with Crippen LogP contribution in [-0.4, -0.2) is 32.5 Å². The van der Waals surface area contributed by atoms with Crippen LogP contribution < -0.4 is 5.32 Å². The molecule has 0 aromatic heterocycles. The second kappa shape index (κ2) is 6.01. The number of rotatable bonds is 6. The van der Waals surface area contributed by atoms with E-state index < -0.39 is 9.84 Å². The van der Waals surface area contributed by atoms with Crippen LogP contribution in [0.4, 0.5) is 0 Å². The highest BCUT2D eigenvalue weighted by Gasteiger charge is 2.18. The normalized spacial score (nSPS) is 15.4. The van der Waals surface area contributed by atoms with Gasteiger partial charge in [0.15, 0.2) is 0 Å². The minimum Gasteiger partial charge on any atom is -0.312 e. The van der Waals surface area contributed by atoms with E-state index >= 15 is 0 Å². The molecule has 0 bridgehead atoms. The lowest BCUT2D eigenvalue weighted by Crippen LogP contribution is -2.40. The van der Waals surface area contributed by atoms with E-state index in [-0.39, 0.29) is 5.54 Å². The summed E-state index contributed by atoms with van der Waals surface area (Å²) in [4.78, 5) is 0. The van der Waals surface area contributed by atoms with Crippen molar-refractivity contribution in [1.29, 1.82) is 0 Å². The van der Waals surface area contributed by atoms with E-state index in [1.54, 1.807) is 0 Å². The van der Waals surface area contributed by atoms with Gasteiger partial charge in [0.2, 0.25) is 0 Å². The fraction of sp³-hybridized carbons (Fsp3) is 1.00. The average molecular weight is 249 g/mol. The van der Waals surface area contributed by atoms with Crippen molar-refractivity contribution in [3.63, 3.8) is 0 Å². The Kier molecular flexibility index (Phi) is 5.98. The van der Waals surface area contributed by atoms with Gasteiger partial charge in [-0.1, -0.05) is 13.8 Å². The van der Waals surface area contributed by atoms with Crippen molar-refractivity contribution in [2.75, 3.05) is 18.6 Å². The van der Waals surface area contributed by atoms with Gasteiger partial charge in [-0.3, -0.25) is 0 Å². The van der Waals surface area contributed by atoms with Gasteiger partial charge in [-0.05, 0) is 45.6 Å². The molecule has 0 spiro atoms. The first-order valence-electron chi connectivity index (χ1n) is 5.94. The third kappa shape index (κ3) is 9.16. The molecule has 98 valence electrons. The summed E-state index contributed by atoms with van der Waals surface area (Å²) in [5, 5.41) is 3.44. The lowest BCUT2D eigenvalue weighted by molar-refractivity contribution is 0.307. The minimum absolute atomic E-state index is 0.0955. The molecule has 0 amide bonds. The van der Waals surface area contributed by atoms with Gasteiger partial charge < -0.3 is 5.32 Å². The van der Waals surface area contributed by atoms with E-state index in [4.69, 9.17) is 0 Å². The van der Waals surface area contributed by atoms with Gasteiger partial charge in [0.25, 0.3) is 0 Å². The van der Waals surface area contributed by atoms with Crippen LogP contribution in [0.15, 0.2) is 0 Å². The zero-order chi connectivity index (χ0) is 13.0. The van der Waals surface area contributed by atoms with Crippen LogP contribution in [-0.2, 0) is 9.84 Å². The molecule has 1 N–H and O–H groups in total. The van der Waals surface area contributed by atoms with Crippen LogP contribution in [0.3, 0.4) is 0 Å². The van der Waals surface area contributed by atoms with Gasteiger partial charge in [-0.25, -0.2) is 8.42 Å². The van der Waals surface area contributed by atoms with E-state index in [1.807, 2.05) is 0 Å². The van der Waals surface area contributed by atoms with Gasteiger partial charge in [0.1, 0.15) is 9.84 Å². The first-order chi connectivity index (χ1) is 7.01. The first-order valence-corrected chi connectivity index (χ1v) is 8.00. The molecule has 0 heterocycles. The van der Waals surface area contributed by atoms with Gasteiger partial charge in [-0.2, -0.15) is 0 Å². The fourth-order valence-corrected chi connectivity index (χ4v) is 2.20. The van der Waals surface area contributed by atoms with E-state index in [2.05, 4.69) is 39.9 Å². The van der Waals surface area contributed by atoms with Gasteiger partial charge in [-0.15, -0.1) is 0 Å². The highest BCUT2D eigenvalue weighted by Crippen LogP contribution is 2.16. The Balaban J connectivity index is 4.19. The van der Waals surface area contributed by atoms with Crippen molar-refractivity contribution in [3.05, 3.63) is 0 Å². The average Bonchev–Trinajstić information content (AvgIpc) is 1.98. The van der Waals surface area contributed by atoms with Crippen molar-refractivity contribution in [1.82, 2.24) is 5.32 Å². The third-order valence-corrected chi connectivity index (χ3v) is 3.67. The second-order valence-corrected chi connectivity index (χ2v) is 8.31. The van der Waals surface area contributed by atoms with Gasteiger partial charge in [0, 0.05) is 11.8 Å². The van der Waals surface area contributed by atoms with E-state index in [0.717, 1.165) is 13.0 Å². The Bertz CT molecular complexity index is 289. The lowest BCUT2D eigenvalue weighted by atomic mass is 9.92. The molecule has 0 aliphatic carbocycles. The molecule has 0 fully saturated rings. The Morgan fingerprint density at radius 3 is 2.00 bits per heavy atom. The molecule has 16 heavy (non-hydrogen) atoms. The number of hydrogen-bond donors (Lipinski definition) is 1. The van der Waals surface area contributed by atoms with Crippen molar-refractivity contribution in [3.8, 4) is 0 Å². The van der Waals surface area contributed by atoms with Crippen molar-refractivity contribution in [2.24, 2.45) is 11.8 Å². The van der Waals surface area contributed by atoms with E-state index in [0.29, 0.717) is 17.6 Å². The summed E-state index contributed by atoms with van der Waals surface area (Å²) in [7, 11) is -2.83. The summed E-state index contributed by atoms with van der Waals surface area (Å²) in [6.07, 6.45) is 2.06. The molecule has 3 nitrogen and oxygen atoms in total. The van der Waals surface area contributed by atoms with E-state index in [1.165, 1.54) is 6.26 Å². The molecule has 0 aliphatic rings. The molecular formula is C12H27NO2S. The third-order valence-electron chi connectivity index (χ3n) is 2.70. The Morgan fingerprint density at radius 1 is 1.19 bits per heavy atom. The lowest BCUT2D eigenvalue weighted by Gasteiger charge is -2.27. The Morgan fingerprint density at radius 2 is 1.69 bits per heavy atom. The molecule has 4 heteroatoms. The van der Waals surface area contributed by atoms with Crippen molar-refractivity contribution in [2.45, 2.75) is 46.6 Å². The predicted octanol–water partition coefficient (Wildman–Crippen LogP) is 2.08. The maximum Gasteiger partial charge on any atom is 0.147 e. The summed E-state index contributed by atoms with van der Waals surface area (Å²) in [5.74, 6) is 1.23. The largest absolute Gasteiger partial charge is 0.312 e. The Hall–Kier alpha value is -0.0900. The molecule has 0 radical (unpaired) electrons. The summed E-state index contributed by atoms with van der Waals surface area (Å²) in [6.45, 7) is 11.6. The fourth-order valence-electron chi connectivity index (χ4n) is 1.47. The molecule has 0 saturated heterocycles. The van der Waals surface area contributed by atoms with E-state index in [9.17, 15) is 8.42 Å². The predicted molar refractivity (Wildman–Crippen MR) is 70.4 cm³/mol. The maximum atomic E-state index is 11.1. The zero-order valence-electron chi connectivity index (χ0n) is 11.5. The standard InChI is InChI=1S/C12H27NO2S/c1-10(2)11(7-8-16(6,14)15)9-13-12(3,4)5/h10-11,13H,7-9H2,1-6H3. The SMILES string of the molecule is CC(C)C(CCS(C)(=O)=O)CNC(C)(C)C. The van der Waals surface area contributed by atoms with Crippen LogP contribution in [0.1, 0.15) is 41.0 Å². The zero-order valence-corrected chi connectivity index (χ0v) is 12.3. The molecule has 1 atom stereocenters. The summed E-state index contributed by atoms with van der Waals surface area (Å²) < 4.78 is 22.3. The monoisotopic (exact) mass is 249 g/mol. The smallest absolute Gasteiger partial charge is 0.147 e. The van der Waals surface area contributed by atoms with Crippen LogP contribution in [0.5, 0.6) is 0 Å². The number of hydrogen-bond acceptors (Lipinski definition) is 3. The van der Waals surface area contributed by atoms with Crippen molar-refractivity contribution < 1.29 is 8.42 Å². The quantitative estimate of drug-likeness (QED) is 0.784. The topological polar surface area (TPSA) is 46.2 Å². The first kappa shape index (κ1) is 15.9. The van der Waals surface area contributed by atoms with Crippen LogP contribution in [0.2, 0.25) is 0 Å². The highest BCUT2D eigenvalue weighted by molar-refractivity contribution is 7.90. The molecule has 0 aromatic rings. The molecule has 0 aliphatic heterocycles. The van der Waals surface area contributed by atoms with Crippen LogP contribution in [0, 0.1) is 11.8 Å². The summed E-state index contributed by atoms with van der Waals surface area (Å²) in [5.41, 5.74) is 0.0955. The maximum absolute atomic E-state index is 11.1. The van der Waals surface area contributed by atoms with Gasteiger partial charge >= 0.3 is 0 Å². The Labute approximate surface area is 101 Å². The van der Waals surface area contributed by atoms with Gasteiger partial charge in [0.05, 0.1) is 5.75 Å². The molecule has 0 saturated carbocycles. The number of nitrogens with one attached hydrogen (secondary N) is 1. The summed E-state index contributed by atoms with van der Waals surface area (Å²) >= 11 is 0. The minimum atomic E-state index is -2.83. The molecule has 1 unspecified atom stereocenters. The van der Waals surface area contributed by atoms with Crippen LogP contribution in [0.25, 0.3) is 0 Å². The molecule has 0 aromatic carbocycles. The second-order valence-electron chi connectivity index (χ2n) is 6.05. The highest BCUT2D eigenvalue weighted by atomic mass is 32.2. The molecule has 0 rings (SSSR count). The van der Waals surface area contributed by atoms with Crippen LogP contribution >= 0.6 is 0 Å². The number of sulfone groups is 1. The van der Waals surface area contributed by atoms with Crippen molar-refractivity contribution >= 4 is 9.84 Å². The molecular weight excluding hydrogens is 222 g/mol.